The van der Waals surface area contributed by atoms with Gasteiger partial charge in [0, 0.05) is 12.1 Å². The zero-order valence-corrected chi connectivity index (χ0v) is 23.7. The maximum Gasteiger partial charge on any atom is 0.416 e. The summed E-state index contributed by atoms with van der Waals surface area (Å²) >= 11 is 1.41. The summed E-state index contributed by atoms with van der Waals surface area (Å²) in [6, 6.07) is 14.1. The second-order valence-electron chi connectivity index (χ2n) is 9.81. The van der Waals surface area contributed by atoms with E-state index in [4.69, 9.17) is 13.9 Å². The van der Waals surface area contributed by atoms with Crippen LogP contribution >= 0.6 is 11.3 Å². The third-order valence-electron chi connectivity index (χ3n) is 6.26. The summed E-state index contributed by atoms with van der Waals surface area (Å²) in [5.41, 5.74) is 1.40. The van der Waals surface area contributed by atoms with Gasteiger partial charge in [-0.2, -0.15) is 13.2 Å². The van der Waals surface area contributed by atoms with Gasteiger partial charge in [-0.1, -0.05) is 24.3 Å². The molecule has 0 aliphatic rings. The van der Waals surface area contributed by atoms with E-state index in [0.717, 1.165) is 33.8 Å². The summed E-state index contributed by atoms with van der Waals surface area (Å²) in [5, 5.41) is 4.16. The first-order chi connectivity index (χ1) is 18.9. The van der Waals surface area contributed by atoms with Gasteiger partial charge in [0.2, 0.25) is 0 Å². The molecule has 0 fully saturated rings. The smallest absolute Gasteiger partial charge is 0.416 e. The first kappa shape index (κ1) is 29.4. The van der Waals surface area contributed by atoms with Crippen molar-refractivity contribution in [1.82, 2.24) is 10.3 Å². The average molecular weight is 573 g/mol. The highest BCUT2D eigenvalue weighted by Gasteiger charge is 2.32. The highest BCUT2D eigenvalue weighted by molar-refractivity contribution is 7.15. The molecule has 0 radical (unpaired) electrons. The Morgan fingerprint density at radius 3 is 2.42 bits per heavy atom. The third-order valence-corrected chi connectivity index (χ3v) is 7.53. The van der Waals surface area contributed by atoms with Crippen molar-refractivity contribution < 1.29 is 31.9 Å². The lowest BCUT2D eigenvalue weighted by Crippen LogP contribution is -2.39. The van der Waals surface area contributed by atoms with Gasteiger partial charge in [0.15, 0.2) is 5.60 Å². The normalized spacial score (nSPS) is 12.8. The average Bonchev–Trinajstić information content (AvgIpc) is 3.56. The van der Waals surface area contributed by atoms with Crippen LogP contribution in [0.15, 0.2) is 65.3 Å². The summed E-state index contributed by atoms with van der Waals surface area (Å²) in [5.74, 6) is 0.847. The molecule has 10 heteroatoms. The van der Waals surface area contributed by atoms with Crippen LogP contribution in [0.2, 0.25) is 0 Å². The number of nitrogens with zero attached hydrogens (tertiary/aromatic N) is 1. The fourth-order valence-corrected chi connectivity index (χ4v) is 5.31. The maximum absolute atomic E-state index is 13.0. The lowest BCUT2D eigenvalue weighted by atomic mass is 10.1. The molecule has 0 spiro atoms. The molecule has 2 aromatic heterocycles. The number of aromatic nitrogens is 1. The van der Waals surface area contributed by atoms with E-state index in [9.17, 15) is 18.0 Å². The summed E-state index contributed by atoms with van der Waals surface area (Å²) in [6.07, 6.45) is -2.80. The van der Waals surface area contributed by atoms with Gasteiger partial charge >= 0.3 is 12.1 Å². The number of thiazole rings is 1. The standard InChI is InChI=1S/C30H31F3N2O4S/c1-6-37-28(36)29(4,5)39-23-14-9-20(16-18(23)2)17-34-25(24-8-7-15-38-24)26-19(3)35-27(40-26)21-10-12-22(13-11-21)30(31,32)33/h7-16,25,34H,6,17H2,1-5H3. The molecule has 1 N–H and O–H groups in total. The third kappa shape index (κ3) is 6.74. The number of esters is 1. The van der Waals surface area contributed by atoms with E-state index in [2.05, 4.69) is 10.3 Å². The quantitative estimate of drug-likeness (QED) is 0.197. The van der Waals surface area contributed by atoms with Gasteiger partial charge < -0.3 is 13.9 Å². The van der Waals surface area contributed by atoms with Crippen molar-refractivity contribution in [2.75, 3.05) is 6.61 Å². The van der Waals surface area contributed by atoms with Crippen LogP contribution in [0.25, 0.3) is 10.6 Å². The minimum Gasteiger partial charge on any atom is -0.476 e. The molecule has 2 aromatic carbocycles. The highest BCUT2D eigenvalue weighted by Crippen LogP contribution is 2.37. The van der Waals surface area contributed by atoms with Gasteiger partial charge in [0.25, 0.3) is 0 Å². The first-order valence-corrected chi connectivity index (χ1v) is 13.6. The fourth-order valence-electron chi connectivity index (χ4n) is 4.16. The van der Waals surface area contributed by atoms with Gasteiger partial charge in [0.1, 0.15) is 22.6 Å². The molecule has 212 valence electrons. The van der Waals surface area contributed by atoms with Crippen molar-refractivity contribution in [3.63, 3.8) is 0 Å². The van der Waals surface area contributed by atoms with Gasteiger partial charge in [-0.15, -0.1) is 11.3 Å². The largest absolute Gasteiger partial charge is 0.476 e. The SMILES string of the molecule is CCOC(=O)C(C)(C)Oc1ccc(CNC(c2ccco2)c2sc(-c3ccc(C(F)(F)F)cc3)nc2C)cc1C. The molecule has 0 aliphatic carbocycles. The number of furan rings is 1. The molecule has 0 saturated carbocycles. The fraction of sp³-hybridized carbons (Fsp3) is 0.333. The molecule has 1 atom stereocenters. The van der Waals surface area contributed by atoms with E-state index in [0.29, 0.717) is 28.6 Å². The molecule has 6 nitrogen and oxygen atoms in total. The summed E-state index contributed by atoms with van der Waals surface area (Å²) < 4.78 is 55.8. The minimum atomic E-state index is -4.39. The Hall–Kier alpha value is -3.63. The molecule has 4 rings (SSSR count). The number of rotatable bonds is 10. The van der Waals surface area contributed by atoms with Gasteiger partial charge in [-0.25, -0.2) is 9.78 Å². The Morgan fingerprint density at radius 2 is 1.82 bits per heavy atom. The molecule has 1 unspecified atom stereocenters. The summed E-state index contributed by atoms with van der Waals surface area (Å²) in [6.45, 7) is 9.64. The van der Waals surface area contributed by atoms with Gasteiger partial charge in [-0.3, -0.25) is 5.32 Å². The van der Waals surface area contributed by atoms with Crippen molar-refractivity contribution in [2.24, 2.45) is 0 Å². The monoisotopic (exact) mass is 572 g/mol. The number of hydrogen-bond acceptors (Lipinski definition) is 7. The number of nitrogens with one attached hydrogen (secondary N) is 1. The molecular weight excluding hydrogens is 541 g/mol. The van der Waals surface area contributed by atoms with Crippen LogP contribution in [0.4, 0.5) is 13.2 Å². The van der Waals surface area contributed by atoms with Crippen LogP contribution in [0, 0.1) is 13.8 Å². The molecule has 4 aromatic rings. The van der Waals surface area contributed by atoms with Crippen molar-refractivity contribution in [3.8, 4) is 16.3 Å². The van der Waals surface area contributed by atoms with Crippen molar-refractivity contribution in [3.05, 3.63) is 93.9 Å². The number of carbonyl (C=O) groups excluding carboxylic acids is 1. The molecule has 0 amide bonds. The van der Waals surface area contributed by atoms with Crippen LogP contribution < -0.4 is 10.1 Å². The number of carbonyl (C=O) groups is 1. The van der Waals surface area contributed by atoms with Crippen LogP contribution in [-0.2, 0) is 22.3 Å². The van der Waals surface area contributed by atoms with Crippen molar-refractivity contribution in [2.45, 2.75) is 59.0 Å². The highest BCUT2D eigenvalue weighted by atomic mass is 32.1. The Morgan fingerprint density at radius 1 is 1.10 bits per heavy atom. The number of benzene rings is 2. The molecule has 0 bridgehead atoms. The van der Waals surface area contributed by atoms with Gasteiger partial charge in [0.05, 0.1) is 29.0 Å². The van der Waals surface area contributed by atoms with E-state index in [1.807, 2.05) is 38.1 Å². The van der Waals surface area contributed by atoms with Gasteiger partial charge in [-0.05, 0) is 76.1 Å². The molecule has 0 saturated heterocycles. The Balaban J connectivity index is 1.53. The van der Waals surface area contributed by atoms with Crippen LogP contribution in [0.5, 0.6) is 5.75 Å². The van der Waals surface area contributed by atoms with E-state index in [1.54, 1.807) is 33.1 Å². The zero-order chi connectivity index (χ0) is 29.1. The molecular formula is C30H31F3N2O4S. The molecule has 40 heavy (non-hydrogen) atoms. The molecule has 2 heterocycles. The van der Waals surface area contributed by atoms with E-state index in [1.165, 1.54) is 23.5 Å². The number of alkyl halides is 3. The zero-order valence-electron chi connectivity index (χ0n) is 22.9. The van der Waals surface area contributed by atoms with E-state index in [-0.39, 0.29) is 12.6 Å². The summed E-state index contributed by atoms with van der Waals surface area (Å²) in [4.78, 5) is 17.8. The first-order valence-electron chi connectivity index (χ1n) is 12.8. The Labute approximate surface area is 235 Å². The lowest BCUT2D eigenvalue weighted by molar-refractivity contribution is -0.158. The Kier molecular flexibility index (Phi) is 8.70. The predicted octanol–water partition coefficient (Wildman–Crippen LogP) is 7.64. The minimum absolute atomic E-state index is 0.275. The lowest BCUT2D eigenvalue weighted by Gasteiger charge is -2.25. The second-order valence-corrected chi connectivity index (χ2v) is 10.8. The molecule has 0 aliphatic heterocycles. The van der Waals surface area contributed by atoms with Crippen LogP contribution in [-0.4, -0.2) is 23.2 Å². The second kappa shape index (κ2) is 11.9. The number of halogens is 3. The van der Waals surface area contributed by atoms with Crippen LogP contribution in [0.1, 0.15) is 59.8 Å². The predicted molar refractivity (Wildman–Crippen MR) is 147 cm³/mol. The van der Waals surface area contributed by atoms with Crippen molar-refractivity contribution >= 4 is 17.3 Å². The topological polar surface area (TPSA) is 73.6 Å². The maximum atomic E-state index is 13.0. The summed E-state index contributed by atoms with van der Waals surface area (Å²) in [7, 11) is 0. The van der Waals surface area contributed by atoms with E-state index < -0.39 is 23.3 Å². The number of hydrogen-bond donors (Lipinski definition) is 1. The van der Waals surface area contributed by atoms with Crippen LogP contribution in [0.3, 0.4) is 0 Å². The van der Waals surface area contributed by atoms with E-state index >= 15 is 0 Å². The van der Waals surface area contributed by atoms with Crippen molar-refractivity contribution in [1.29, 1.82) is 0 Å². The Bertz CT molecular complexity index is 1440. The number of aryl methyl sites for hydroxylation is 2. The number of ether oxygens (including phenoxy) is 2.